The van der Waals surface area contributed by atoms with Crippen LogP contribution in [0, 0.1) is 11.8 Å². The molecule has 4 nitrogen and oxygen atoms in total. The van der Waals surface area contributed by atoms with Crippen LogP contribution in [0.25, 0.3) is 0 Å². The lowest BCUT2D eigenvalue weighted by atomic mass is 9.83. The maximum absolute atomic E-state index is 6.12. The molecule has 0 bridgehead atoms. The Morgan fingerprint density at radius 1 is 1.21 bits per heavy atom. The molecule has 0 amide bonds. The number of hydrogen-bond acceptors (Lipinski definition) is 4. The zero-order valence-corrected chi connectivity index (χ0v) is 12.6. The molecule has 0 aliphatic heterocycles. The second-order valence-electron chi connectivity index (χ2n) is 5.30. The number of rotatable bonds is 4. The Morgan fingerprint density at radius 3 is 2.47 bits per heavy atom. The number of nitrogens with zero attached hydrogens (tertiary/aromatic N) is 1. The number of halogens is 2. The van der Waals surface area contributed by atoms with Crippen molar-refractivity contribution in [3.63, 3.8) is 0 Å². The molecular weight excluding hydrogens is 283 g/mol. The van der Waals surface area contributed by atoms with Gasteiger partial charge in [0.1, 0.15) is 5.82 Å². The van der Waals surface area contributed by atoms with Gasteiger partial charge in [-0.3, -0.25) is 0 Å². The van der Waals surface area contributed by atoms with Crippen LogP contribution in [0.5, 0.6) is 0 Å². The summed E-state index contributed by atoms with van der Waals surface area (Å²) in [5.74, 6) is 7.98. The van der Waals surface area contributed by atoms with Crippen molar-refractivity contribution in [2.24, 2.45) is 17.7 Å². The predicted octanol–water partition coefficient (Wildman–Crippen LogP) is 3.91. The van der Waals surface area contributed by atoms with Gasteiger partial charge in [0.25, 0.3) is 0 Å². The monoisotopic (exact) mass is 302 g/mol. The molecule has 1 aromatic heterocycles. The maximum Gasteiger partial charge on any atom is 0.161 e. The molecule has 1 fully saturated rings. The number of nitrogen functional groups attached to an aromatic ring is 1. The molecule has 19 heavy (non-hydrogen) atoms. The van der Waals surface area contributed by atoms with E-state index in [0.717, 1.165) is 12.5 Å². The predicted molar refractivity (Wildman–Crippen MR) is 81.7 cm³/mol. The van der Waals surface area contributed by atoms with Crippen molar-refractivity contribution in [1.29, 1.82) is 0 Å². The molecular formula is C13H20Cl2N4. The highest BCUT2D eigenvalue weighted by Gasteiger charge is 2.18. The molecule has 1 saturated carbocycles. The van der Waals surface area contributed by atoms with Gasteiger partial charge in [0.2, 0.25) is 0 Å². The topological polar surface area (TPSA) is 63.0 Å². The summed E-state index contributed by atoms with van der Waals surface area (Å²) >= 11 is 12.1. The number of nitrogens with one attached hydrogen (secondary N) is 2. The van der Waals surface area contributed by atoms with E-state index in [-0.39, 0.29) is 0 Å². The normalized spacial score (nSPS) is 23.2. The van der Waals surface area contributed by atoms with Crippen LogP contribution in [-0.4, -0.2) is 11.5 Å². The fourth-order valence-electron chi connectivity index (χ4n) is 2.47. The summed E-state index contributed by atoms with van der Waals surface area (Å²) in [4.78, 5) is 4.28. The average molecular weight is 303 g/mol. The third-order valence-electron chi connectivity index (χ3n) is 3.76. The summed E-state index contributed by atoms with van der Waals surface area (Å²) in [6.07, 6.45) is 5.15. The Balaban J connectivity index is 1.95. The number of hydrogen-bond donors (Lipinski definition) is 3. The second kappa shape index (κ2) is 6.64. The summed E-state index contributed by atoms with van der Waals surface area (Å²) in [6.45, 7) is 3.21. The molecule has 0 aromatic carbocycles. The van der Waals surface area contributed by atoms with Crippen LogP contribution in [-0.2, 0) is 0 Å². The fraction of sp³-hybridized carbons (Fsp3) is 0.615. The zero-order chi connectivity index (χ0) is 13.8. The Hall–Kier alpha value is -0.710. The summed E-state index contributed by atoms with van der Waals surface area (Å²) in [5, 5.41) is 4.24. The van der Waals surface area contributed by atoms with Crippen molar-refractivity contribution in [1.82, 2.24) is 4.98 Å². The molecule has 0 unspecified atom stereocenters. The van der Waals surface area contributed by atoms with E-state index in [9.17, 15) is 0 Å². The van der Waals surface area contributed by atoms with Crippen molar-refractivity contribution in [2.45, 2.75) is 32.6 Å². The van der Waals surface area contributed by atoms with E-state index in [1.54, 1.807) is 6.07 Å². The van der Waals surface area contributed by atoms with Gasteiger partial charge < -0.3 is 10.7 Å². The standard InChI is InChI=1S/C13H20Cl2N4/c1-8-2-4-9(5-3-8)7-17-12-10(14)6-11(15)13(18-12)19-16/h6,8-9H,2-5,7,16H2,1H3,(H2,17,18,19). The molecule has 0 saturated heterocycles. The minimum atomic E-state index is 0.421. The third-order valence-corrected chi connectivity index (χ3v) is 4.34. The van der Waals surface area contributed by atoms with Gasteiger partial charge in [-0.2, -0.15) is 0 Å². The van der Waals surface area contributed by atoms with Gasteiger partial charge in [-0.15, -0.1) is 0 Å². The molecule has 0 radical (unpaired) electrons. The fourth-order valence-corrected chi connectivity index (χ4v) is 2.95. The van der Waals surface area contributed by atoms with E-state index in [0.29, 0.717) is 27.6 Å². The molecule has 1 heterocycles. The van der Waals surface area contributed by atoms with Gasteiger partial charge in [-0.05, 0) is 30.7 Å². The van der Waals surface area contributed by atoms with Crippen LogP contribution in [0.2, 0.25) is 10.0 Å². The Labute approximate surface area is 124 Å². The van der Waals surface area contributed by atoms with Gasteiger partial charge in [-0.1, -0.05) is 43.0 Å². The summed E-state index contributed by atoms with van der Waals surface area (Å²) in [5.41, 5.74) is 2.46. The van der Waals surface area contributed by atoms with Crippen molar-refractivity contribution >= 4 is 34.8 Å². The number of hydrazine groups is 1. The molecule has 2 rings (SSSR count). The van der Waals surface area contributed by atoms with Crippen molar-refractivity contribution in [2.75, 3.05) is 17.3 Å². The number of pyridine rings is 1. The van der Waals surface area contributed by atoms with Crippen LogP contribution < -0.4 is 16.6 Å². The second-order valence-corrected chi connectivity index (χ2v) is 6.11. The average Bonchev–Trinajstić information content (AvgIpc) is 2.40. The molecule has 6 heteroatoms. The largest absolute Gasteiger partial charge is 0.368 e. The van der Waals surface area contributed by atoms with Crippen molar-refractivity contribution in [3.05, 3.63) is 16.1 Å². The molecule has 0 atom stereocenters. The number of aromatic nitrogens is 1. The zero-order valence-electron chi connectivity index (χ0n) is 11.0. The highest BCUT2D eigenvalue weighted by Crippen LogP contribution is 2.31. The van der Waals surface area contributed by atoms with Gasteiger partial charge in [0, 0.05) is 6.54 Å². The minimum Gasteiger partial charge on any atom is -0.368 e. The molecule has 106 valence electrons. The van der Waals surface area contributed by atoms with E-state index in [1.165, 1.54) is 25.7 Å². The summed E-state index contributed by atoms with van der Waals surface area (Å²) < 4.78 is 0. The van der Waals surface area contributed by atoms with Gasteiger partial charge in [-0.25, -0.2) is 10.8 Å². The Bertz CT molecular complexity index is 431. The van der Waals surface area contributed by atoms with Crippen molar-refractivity contribution in [3.8, 4) is 0 Å². The highest BCUT2D eigenvalue weighted by atomic mass is 35.5. The SMILES string of the molecule is CC1CCC(CNc2nc(NN)c(Cl)cc2Cl)CC1. The smallest absolute Gasteiger partial charge is 0.161 e. The lowest BCUT2D eigenvalue weighted by Crippen LogP contribution is -2.21. The van der Waals surface area contributed by atoms with E-state index < -0.39 is 0 Å². The van der Waals surface area contributed by atoms with E-state index >= 15 is 0 Å². The Kier molecular flexibility index (Phi) is 5.13. The van der Waals surface area contributed by atoms with Crippen LogP contribution >= 0.6 is 23.2 Å². The minimum absolute atomic E-state index is 0.421. The van der Waals surface area contributed by atoms with Crippen LogP contribution in [0.15, 0.2) is 6.07 Å². The lowest BCUT2D eigenvalue weighted by molar-refractivity contribution is 0.300. The Morgan fingerprint density at radius 2 is 1.84 bits per heavy atom. The van der Waals surface area contributed by atoms with Crippen molar-refractivity contribution < 1.29 is 0 Å². The first kappa shape index (κ1) is 14.7. The third kappa shape index (κ3) is 3.88. The molecule has 1 aliphatic rings. The van der Waals surface area contributed by atoms with Gasteiger partial charge >= 0.3 is 0 Å². The lowest BCUT2D eigenvalue weighted by Gasteiger charge is -2.26. The summed E-state index contributed by atoms with van der Waals surface area (Å²) in [7, 11) is 0. The first-order valence-electron chi connectivity index (χ1n) is 6.66. The van der Waals surface area contributed by atoms with E-state index in [2.05, 4.69) is 22.7 Å². The molecule has 1 aliphatic carbocycles. The molecule has 4 N–H and O–H groups in total. The number of nitrogens with two attached hydrogens (primary N) is 1. The first-order valence-corrected chi connectivity index (χ1v) is 7.42. The highest BCUT2D eigenvalue weighted by molar-refractivity contribution is 6.37. The quantitative estimate of drug-likeness (QED) is 0.583. The van der Waals surface area contributed by atoms with E-state index in [1.807, 2.05) is 0 Å². The molecule has 0 spiro atoms. The first-order chi connectivity index (χ1) is 9.10. The maximum atomic E-state index is 6.12. The van der Waals surface area contributed by atoms with Crippen LogP contribution in [0.1, 0.15) is 32.6 Å². The van der Waals surface area contributed by atoms with Gasteiger partial charge in [0.15, 0.2) is 5.82 Å². The molecule has 1 aromatic rings. The number of anilines is 2. The summed E-state index contributed by atoms with van der Waals surface area (Å²) in [6, 6.07) is 1.65. The van der Waals surface area contributed by atoms with Crippen LogP contribution in [0.3, 0.4) is 0 Å². The van der Waals surface area contributed by atoms with E-state index in [4.69, 9.17) is 29.0 Å². The van der Waals surface area contributed by atoms with Crippen LogP contribution in [0.4, 0.5) is 11.6 Å². The van der Waals surface area contributed by atoms with Gasteiger partial charge in [0.05, 0.1) is 10.0 Å².